The maximum Gasteiger partial charge on any atom is 0.459 e. The summed E-state index contributed by atoms with van der Waals surface area (Å²) in [6.07, 6.45) is 0.279. The molecule has 0 saturated carbocycles. The first-order chi connectivity index (χ1) is 20.1. The van der Waals surface area contributed by atoms with Crippen LogP contribution in [0.25, 0.3) is 16.8 Å². The average Bonchev–Trinajstić information content (AvgIpc) is 3.35. The Hall–Kier alpha value is -3.06. The molecule has 2 aromatic carbocycles. The summed E-state index contributed by atoms with van der Waals surface area (Å²) in [4.78, 5) is 40.9. The number of nitrogens with one attached hydrogen (secondary N) is 2. The number of methoxy groups -OCH3 is 1. The third kappa shape index (κ3) is 7.28. The fraction of sp³-hybridized carbons (Fsp3) is 0.393. The van der Waals surface area contributed by atoms with E-state index in [2.05, 4.69) is 26.0 Å². The van der Waals surface area contributed by atoms with Crippen molar-refractivity contribution < 1.29 is 33.0 Å². The standard InChI is InChI=1S/C28H33BrN3O9P/c1-4-17(2)25(27(35)38-3)31-42(37,41-22-11-7-9-18-8-5-6-10-20(18)22)39-16-23-21(33)14-24(40-23)32-15-19(12-13-29)26(34)30-28(32)36/h5-13,15,17,21,23-25,33H,4,14,16H2,1-3H3,(H,31,37)(H,30,34,36)/b13-12+/t17-,21-,23+,24+,25-,42?/m0/s1. The van der Waals surface area contributed by atoms with Crippen LogP contribution in [0.4, 0.5) is 0 Å². The molecule has 1 saturated heterocycles. The van der Waals surface area contributed by atoms with E-state index in [1.165, 1.54) is 24.4 Å². The molecule has 1 unspecified atom stereocenters. The predicted octanol–water partition coefficient (Wildman–Crippen LogP) is 4.08. The fourth-order valence-corrected chi connectivity index (χ4v) is 6.48. The number of aliphatic hydroxyl groups excluding tert-OH is 1. The molecule has 1 fully saturated rings. The van der Waals surface area contributed by atoms with Crippen molar-refractivity contribution in [3.63, 3.8) is 0 Å². The number of benzene rings is 2. The summed E-state index contributed by atoms with van der Waals surface area (Å²) in [7, 11) is -3.08. The lowest BCUT2D eigenvalue weighted by Crippen LogP contribution is -2.42. The number of hydrogen-bond acceptors (Lipinski definition) is 9. The number of rotatable bonds is 12. The molecule has 6 atom stereocenters. The lowest BCUT2D eigenvalue weighted by molar-refractivity contribution is -0.144. The number of hydrogen-bond donors (Lipinski definition) is 3. The van der Waals surface area contributed by atoms with Crippen LogP contribution in [0.2, 0.25) is 0 Å². The lowest BCUT2D eigenvalue weighted by Gasteiger charge is -2.28. The molecule has 0 bridgehead atoms. The van der Waals surface area contributed by atoms with Crippen molar-refractivity contribution in [2.24, 2.45) is 5.92 Å². The number of carbonyl (C=O) groups is 1. The molecule has 3 N–H and O–H groups in total. The molecule has 0 radical (unpaired) electrons. The Bertz CT molecular complexity index is 1600. The number of nitrogens with zero attached hydrogens (tertiary/aromatic N) is 1. The first-order valence-corrected chi connectivity index (χ1v) is 15.8. The largest absolute Gasteiger partial charge is 0.468 e. The first-order valence-electron chi connectivity index (χ1n) is 13.3. The summed E-state index contributed by atoms with van der Waals surface area (Å²) in [6.45, 7) is 3.26. The molecule has 0 spiro atoms. The number of carbonyl (C=O) groups excluding carboxylic acids is 1. The highest BCUT2D eigenvalue weighted by Crippen LogP contribution is 2.48. The Morgan fingerprint density at radius 3 is 2.74 bits per heavy atom. The summed E-state index contributed by atoms with van der Waals surface area (Å²) in [6, 6.07) is 11.6. The van der Waals surface area contributed by atoms with Crippen LogP contribution in [0.1, 0.15) is 38.5 Å². The zero-order chi connectivity index (χ0) is 30.4. The number of H-pyrrole nitrogens is 1. The normalized spacial score (nSPS) is 21.7. The zero-order valence-corrected chi connectivity index (χ0v) is 25.7. The molecule has 0 aliphatic carbocycles. The number of halogens is 1. The number of esters is 1. The Labute approximate surface area is 250 Å². The van der Waals surface area contributed by atoms with Crippen molar-refractivity contribution in [2.45, 2.75) is 51.2 Å². The van der Waals surface area contributed by atoms with Crippen molar-refractivity contribution in [2.75, 3.05) is 13.7 Å². The molecular weight excluding hydrogens is 633 g/mol. The van der Waals surface area contributed by atoms with Gasteiger partial charge in [-0.25, -0.2) is 9.36 Å². The number of aliphatic hydroxyl groups is 1. The van der Waals surface area contributed by atoms with Gasteiger partial charge in [-0.15, -0.1) is 0 Å². The molecule has 42 heavy (non-hydrogen) atoms. The average molecular weight is 666 g/mol. The molecule has 1 aliphatic heterocycles. The van der Waals surface area contributed by atoms with Crippen molar-refractivity contribution in [3.8, 4) is 5.75 Å². The van der Waals surface area contributed by atoms with E-state index in [1.807, 2.05) is 31.2 Å². The van der Waals surface area contributed by atoms with E-state index < -0.39 is 56.0 Å². The Morgan fingerprint density at radius 2 is 2.02 bits per heavy atom. The van der Waals surface area contributed by atoms with Crippen LogP contribution in [0.15, 0.2) is 63.2 Å². The Kier molecular flexibility index (Phi) is 10.6. The highest BCUT2D eigenvalue weighted by molar-refractivity contribution is 9.11. The molecule has 2 heterocycles. The van der Waals surface area contributed by atoms with Gasteiger partial charge in [0.15, 0.2) is 0 Å². The number of fused-ring (bicyclic) bond motifs is 1. The van der Waals surface area contributed by atoms with Gasteiger partial charge in [0, 0.05) is 18.0 Å². The minimum Gasteiger partial charge on any atom is -0.468 e. The van der Waals surface area contributed by atoms with Gasteiger partial charge in [0.2, 0.25) is 0 Å². The minimum absolute atomic E-state index is 0.00297. The van der Waals surface area contributed by atoms with Gasteiger partial charge < -0.3 is 19.1 Å². The third-order valence-electron chi connectivity index (χ3n) is 7.09. The second kappa shape index (κ2) is 13.9. The second-order valence-corrected chi connectivity index (χ2v) is 12.1. The molecule has 1 aromatic heterocycles. The molecular formula is C28H33BrN3O9P. The van der Waals surface area contributed by atoms with Crippen LogP contribution in [0.5, 0.6) is 5.75 Å². The summed E-state index contributed by atoms with van der Waals surface area (Å²) in [5, 5.41) is 15.0. The van der Waals surface area contributed by atoms with Gasteiger partial charge in [-0.05, 0) is 28.4 Å². The van der Waals surface area contributed by atoms with E-state index in [9.17, 15) is 24.1 Å². The van der Waals surface area contributed by atoms with E-state index in [1.54, 1.807) is 25.1 Å². The smallest absolute Gasteiger partial charge is 0.459 e. The van der Waals surface area contributed by atoms with Gasteiger partial charge in [-0.2, -0.15) is 5.09 Å². The van der Waals surface area contributed by atoms with Crippen LogP contribution >= 0.6 is 23.7 Å². The summed E-state index contributed by atoms with van der Waals surface area (Å²) >= 11 is 3.10. The van der Waals surface area contributed by atoms with Gasteiger partial charge in [0.1, 0.15) is 24.1 Å². The SMILES string of the molecule is CC[C@H](C)[C@H](NP(=O)(OC[C@H]1O[C@@H](n2cc(/C=C/Br)c(=O)[nH]c2=O)C[C@@H]1O)Oc1cccc2ccccc12)C(=O)OC. The highest BCUT2D eigenvalue weighted by atomic mass is 79.9. The molecule has 3 aromatic rings. The van der Waals surface area contributed by atoms with Gasteiger partial charge in [-0.3, -0.25) is 23.7 Å². The number of aromatic amines is 1. The number of ether oxygens (including phenoxy) is 2. The van der Waals surface area contributed by atoms with Crippen LogP contribution in [0.3, 0.4) is 0 Å². The second-order valence-electron chi connectivity index (χ2n) is 9.85. The zero-order valence-electron chi connectivity index (χ0n) is 23.3. The van der Waals surface area contributed by atoms with E-state index in [0.717, 1.165) is 9.95 Å². The predicted molar refractivity (Wildman–Crippen MR) is 160 cm³/mol. The Morgan fingerprint density at radius 1 is 1.29 bits per heavy atom. The van der Waals surface area contributed by atoms with Crippen molar-refractivity contribution in [3.05, 3.63) is 80.0 Å². The van der Waals surface area contributed by atoms with Gasteiger partial charge in [0.25, 0.3) is 5.56 Å². The molecule has 4 rings (SSSR count). The number of aromatic nitrogens is 2. The van der Waals surface area contributed by atoms with Crippen LogP contribution in [-0.4, -0.2) is 52.6 Å². The van der Waals surface area contributed by atoms with Crippen molar-refractivity contribution in [1.82, 2.24) is 14.6 Å². The van der Waals surface area contributed by atoms with Gasteiger partial charge in [-0.1, -0.05) is 72.6 Å². The van der Waals surface area contributed by atoms with E-state index in [4.69, 9.17) is 18.5 Å². The maximum absolute atomic E-state index is 14.3. The van der Waals surface area contributed by atoms with E-state index in [0.29, 0.717) is 11.8 Å². The summed E-state index contributed by atoms with van der Waals surface area (Å²) < 4.78 is 38.1. The van der Waals surface area contributed by atoms with Crippen LogP contribution in [-0.2, 0) is 23.4 Å². The highest BCUT2D eigenvalue weighted by Gasteiger charge is 2.41. The van der Waals surface area contributed by atoms with Crippen LogP contribution in [0, 0.1) is 5.92 Å². The first kappa shape index (κ1) is 31.9. The van der Waals surface area contributed by atoms with E-state index in [-0.39, 0.29) is 23.7 Å². The monoisotopic (exact) mass is 665 g/mol. The molecule has 0 amide bonds. The Balaban J connectivity index is 1.60. The molecule has 1 aliphatic rings. The van der Waals surface area contributed by atoms with Crippen molar-refractivity contribution >= 4 is 46.5 Å². The van der Waals surface area contributed by atoms with Crippen LogP contribution < -0.4 is 20.9 Å². The fourth-order valence-electron chi connectivity index (χ4n) is 4.55. The molecule has 226 valence electrons. The van der Waals surface area contributed by atoms with Crippen molar-refractivity contribution in [1.29, 1.82) is 0 Å². The van der Waals surface area contributed by atoms with Gasteiger partial charge in [0.05, 0.1) is 25.4 Å². The quantitative estimate of drug-likeness (QED) is 0.190. The third-order valence-corrected chi connectivity index (χ3v) is 8.88. The summed E-state index contributed by atoms with van der Waals surface area (Å²) in [5.74, 6) is -0.676. The topological polar surface area (TPSA) is 158 Å². The molecule has 14 heteroatoms. The maximum atomic E-state index is 14.3. The van der Waals surface area contributed by atoms with E-state index >= 15 is 0 Å². The minimum atomic E-state index is -4.31. The lowest BCUT2D eigenvalue weighted by atomic mass is 10.0. The molecule has 12 nitrogen and oxygen atoms in total. The van der Waals surface area contributed by atoms with Gasteiger partial charge >= 0.3 is 19.4 Å². The summed E-state index contributed by atoms with van der Waals surface area (Å²) in [5.41, 5.74) is -1.10.